The number of nitrogens with one attached hydrogen (secondary N) is 1. The highest BCUT2D eigenvalue weighted by molar-refractivity contribution is 6.30. The molecule has 1 fully saturated rings. The topological polar surface area (TPSA) is 120 Å². The van der Waals surface area contributed by atoms with Gasteiger partial charge in [-0.05, 0) is 35.7 Å². The van der Waals surface area contributed by atoms with Crippen molar-refractivity contribution in [2.24, 2.45) is 5.73 Å². The smallest absolute Gasteiger partial charge is 0.410 e. The fraction of sp³-hybridized carbons (Fsp3) is 0.400. The minimum absolute atomic E-state index is 0.0720. The molecule has 2 amide bonds. The maximum Gasteiger partial charge on any atom is 0.410 e. The number of nitrogens with two attached hydrogens (primary N) is 1. The molecule has 1 saturated heterocycles. The van der Waals surface area contributed by atoms with Gasteiger partial charge < -0.3 is 20.7 Å². The summed E-state index contributed by atoms with van der Waals surface area (Å²) in [6, 6.07) is 5.34. The quantitative estimate of drug-likeness (QED) is 0.640. The molecule has 1 aliphatic heterocycles. The lowest BCUT2D eigenvalue weighted by atomic mass is 10.1. The molecule has 0 bridgehead atoms. The molecule has 1 aromatic carbocycles. The Labute approximate surface area is 178 Å². The number of carbonyl (C=O) groups excluding carboxylic acids is 2. The number of nitrogens with zero attached hydrogens (tertiary/aromatic N) is 3. The first-order chi connectivity index (χ1) is 14.4. The summed E-state index contributed by atoms with van der Waals surface area (Å²) in [5.74, 6) is -0.293. The van der Waals surface area contributed by atoms with Gasteiger partial charge in [0.25, 0.3) is 5.56 Å². The number of halogens is 1. The molecule has 10 heteroatoms. The van der Waals surface area contributed by atoms with Crippen LogP contribution in [0.1, 0.15) is 22.3 Å². The van der Waals surface area contributed by atoms with E-state index in [0.29, 0.717) is 42.4 Å². The van der Waals surface area contributed by atoms with Gasteiger partial charge in [-0.2, -0.15) is 5.10 Å². The lowest BCUT2D eigenvalue weighted by Crippen LogP contribution is -2.36. The van der Waals surface area contributed by atoms with Gasteiger partial charge in [-0.25, -0.2) is 9.48 Å². The SMILES string of the molecule is Cc1cnn(CCN2CCOC2=O)c(=O)c1CC(=O)NCc1cc(Cl)ccc1CN. The molecule has 0 unspecified atom stereocenters. The summed E-state index contributed by atoms with van der Waals surface area (Å²) in [4.78, 5) is 38.3. The van der Waals surface area contributed by atoms with Crippen LogP contribution >= 0.6 is 11.6 Å². The van der Waals surface area contributed by atoms with E-state index in [1.54, 1.807) is 25.3 Å². The lowest BCUT2D eigenvalue weighted by molar-refractivity contribution is -0.120. The predicted octanol–water partition coefficient (Wildman–Crippen LogP) is 0.975. The van der Waals surface area contributed by atoms with Gasteiger partial charge in [0.05, 0.1) is 25.7 Å². The van der Waals surface area contributed by atoms with Crippen LogP contribution in [0.3, 0.4) is 0 Å². The Hall–Kier alpha value is -2.91. The summed E-state index contributed by atoms with van der Waals surface area (Å²) in [5, 5.41) is 7.50. The molecule has 1 aromatic heterocycles. The molecule has 0 spiro atoms. The highest BCUT2D eigenvalue weighted by Crippen LogP contribution is 2.16. The van der Waals surface area contributed by atoms with Crippen LogP contribution in [0.5, 0.6) is 0 Å². The average Bonchev–Trinajstić information content (AvgIpc) is 3.14. The molecule has 9 nitrogen and oxygen atoms in total. The van der Waals surface area contributed by atoms with Gasteiger partial charge in [0.2, 0.25) is 5.91 Å². The number of hydrogen-bond donors (Lipinski definition) is 2. The first-order valence-electron chi connectivity index (χ1n) is 9.60. The van der Waals surface area contributed by atoms with Gasteiger partial charge in [0.1, 0.15) is 6.61 Å². The molecular formula is C20H24ClN5O4. The van der Waals surface area contributed by atoms with Crippen LogP contribution in [-0.4, -0.2) is 46.4 Å². The van der Waals surface area contributed by atoms with Crippen LogP contribution in [-0.2, 0) is 35.6 Å². The Morgan fingerprint density at radius 2 is 2.10 bits per heavy atom. The van der Waals surface area contributed by atoms with Gasteiger partial charge in [-0.15, -0.1) is 0 Å². The van der Waals surface area contributed by atoms with E-state index in [4.69, 9.17) is 22.1 Å². The van der Waals surface area contributed by atoms with Crippen molar-refractivity contribution >= 4 is 23.6 Å². The number of benzene rings is 1. The highest BCUT2D eigenvalue weighted by atomic mass is 35.5. The van der Waals surface area contributed by atoms with Gasteiger partial charge >= 0.3 is 6.09 Å². The van der Waals surface area contributed by atoms with E-state index >= 15 is 0 Å². The summed E-state index contributed by atoms with van der Waals surface area (Å²) < 4.78 is 6.15. The normalized spacial score (nSPS) is 13.4. The van der Waals surface area contributed by atoms with Gasteiger partial charge in [0.15, 0.2) is 0 Å². The van der Waals surface area contributed by atoms with E-state index in [-0.39, 0.29) is 31.0 Å². The van der Waals surface area contributed by atoms with Crippen molar-refractivity contribution in [3.8, 4) is 0 Å². The molecular weight excluding hydrogens is 410 g/mol. The molecule has 3 rings (SSSR count). The molecule has 1 aliphatic rings. The van der Waals surface area contributed by atoms with Crippen LogP contribution in [0, 0.1) is 6.92 Å². The number of aryl methyl sites for hydroxylation is 1. The third kappa shape index (κ3) is 5.17. The van der Waals surface area contributed by atoms with Crippen molar-refractivity contribution in [1.82, 2.24) is 20.0 Å². The van der Waals surface area contributed by atoms with E-state index in [9.17, 15) is 14.4 Å². The van der Waals surface area contributed by atoms with Gasteiger partial charge in [0, 0.05) is 30.2 Å². The van der Waals surface area contributed by atoms with Gasteiger partial charge in [-0.1, -0.05) is 17.7 Å². The lowest BCUT2D eigenvalue weighted by Gasteiger charge is -2.14. The molecule has 2 aromatic rings. The number of aromatic nitrogens is 2. The van der Waals surface area contributed by atoms with Crippen molar-refractivity contribution < 1.29 is 14.3 Å². The van der Waals surface area contributed by atoms with E-state index in [1.807, 2.05) is 6.07 Å². The third-order valence-corrected chi connectivity index (χ3v) is 5.22. The van der Waals surface area contributed by atoms with E-state index < -0.39 is 6.09 Å². The Balaban J connectivity index is 1.65. The number of rotatable bonds is 8. The number of amides is 2. The first kappa shape index (κ1) is 21.8. The molecule has 160 valence electrons. The molecule has 0 saturated carbocycles. The third-order valence-electron chi connectivity index (χ3n) is 4.99. The number of hydrogen-bond acceptors (Lipinski definition) is 6. The van der Waals surface area contributed by atoms with Crippen LogP contribution in [0.2, 0.25) is 5.02 Å². The second-order valence-corrected chi connectivity index (χ2v) is 7.44. The summed E-state index contributed by atoms with van der Waals surface area (Å²) in [5.41, 5.74) is 8.12. The van der Waals surface area contributed by atoms with Crippen LogP contribution in [0.15, 0.2) is 29.2 Å². The summed E-state index contributed by atoms with van der Waals surface area (Å²) in [6.45, 7) is 3.72. The number of cyclic esters (lactones) is 1. The fourth-order valence-electron chi connectivity index (χ4n) is 3.20. The maximum absolute atomic E-state index is 12.8. The average molecular weight is 434 g/mol. The standard InChI is InChI=1S/C20H24ClN5O4/c1-13-11-24-26(5-4-25-6-7-30-20(25)29)19(28)17(13)9-18(27)23-12-15-8-16(21)3-2-14(15)10-22/h2-3,8,11H,4-7,9-10,12,22H2,1H3,(H,23,27). The van der Waals surface area contributed by atoms with Crippen molar-refractivity contribution in [2.45, 2.75) is 33.0 Å². The molecule has 30 heavy (non-hydrogen) atoms. The van der Waals surface area contributed by atoms with Crippen molar-refractivity contribution in [1.29, 1.82) is 0 Å². The zero-order valence-corrected chi connectivity index (χ0v) is 17.4. The van der Waals surface area contributed by atoms with Crippen molar-refractivity contribution in [2.75, 3.05) is 19.7 Å². The number of ether oxygens (including phenoxy) is 1. The fourth-order valence-corrected chi connectivity index (χ4v) is 3.40. The first-order valence-corrected chi connectivity index (χ1v) is 9.98. The molecule has 3 N–H and O–H groups in total. The largest absolute Gasteiger partial charge is 0.448 e. The monoisotopic (exact) mass is 433 g/mol. The van der Waals surface area contributed by atoms with Crippen molar-refractivity contribution in [3.63, 3.8) is 0 Å². The second-order valence-electron chi connectivity index (χ2n) is 7.01. The zero-order valence-electron chi connectivity index (χ0n) is 16.7. The van der Waals surface area contributed by atoms with E-state index in [1.165, 1.54) is 9.58 Å². The molecule has 0 atom stereocenters. The van der Waals surface area contributed by atoms with E-state index in [2.05, 4.69) is 10.4 Å². The Kier molecular flexibility index (Phi) is 7.07. The Morgan fingerprint density at radius 1 is 1.30 bits per heavy atom. The highest BCUT2D eigenvalue weighted by Gasteiger charge is 2.22. The predicted molar refractivity (Wildman–Crippen MR) is 111 cm³/mol. The summed E-state index contributed by atoms with van der Waals surface area (Å²) in [7, 11) is 0. The van der Waals surface area contributed by atoms with Gasteiger partial charge in [-0.3, -0.25) is 9.59 Å². The summed E-state index contributed by atoms with van der Waals surface area (Å²) in [6.07, 6.45) is 1.08. The van der Waals surface area contributed by atoms with Crippen LogP contribution < -0.4 is 16.6 Å². The molecule has 0 radical (unpaired) electrons. The van der Waals surface area contributed by atoms with Crippen LogP contribution in [0.4, 0.5) is 4.79 Å². The number of carbonyl (C=O) groups is 2. The molecule has 2 heterocycles. The Morgan fingerprint density at radius 3 is 2.80 bits per heavy atom. The minimum Gasteiger partial charge on any atom is -0.448 e. The van der Waals surface area contributed by atoms with E-state index in [0.717, 1.165) is 11.1 Å². The maximum atomic E-state index is 12.8. The Bertz CT molecular complexity index is 1010. The molecule has 0 aliphatic carbocycles. The minimum atomic E-state index is -0.396. The zero-order chi connectivity index (χ0) is 21.7. The van der Waals surface area contributed by atoms with Crippen molar-refractivity contribution in [3.05, 3.63) is 62.0 Å². The summed E-state index contributed by atoms with van der Waals surface area (Å²) >= 11 is 6.03. The van der Waals surface area contributed by atoms with Crippen LogP contribution in [0.25, 0.3) is 0 Å². The second kappa shape index (κ2) is 9.73.